The van der Waals surface area contributed by atoms with Gasteiger partial charge in [0.2, 0.25) is 15.8 Å². The fourth-order valence-corrected chi connectivity index (χ4v) is 5.84. The number of para-hydroxylation sites is 1. The van der Waals surface area contributed by atoms with E-state index in [1.54, 1.807) is 6.92 Å². The number of carboxylic acid groups (broad SMARTS) is 1. The third-order valence-electron chi connectivity index (χ3n) is 6.49. The number of carboxylic acids is 1. The Morgan fingerprint density at radius 1 is 0.846 bits per heavy atom. The van der Waals surface area contributed by atoms with Crippen LogP contribution in [0.3, 0.4) is 0 Å². The first-order chi connectivity index (χ1) is 18.8. The SMILES string of the molecule is Cc1c(C(=O)O)oc2ccc(S(=O)(=O)N(CCc3ccccc3)Cc3ccc(Oc4ccccc4)cc3)cc12. The van der Waals surface area contributed by atoms with Crippen molar-refractivity contribution in [1.82, 2.24) is 4.31 Å². The average molecular weight is 542 g/mol. The van der Waals surface area contributed by atoms with Crippen molar-refractivity contribution in [2.75, 3.05) is 6.54 Å². The molecule has 8 heteroatoms. The van der Waals surface area contributed by atoms with Crippen molar-refractivity contribution in [1.29, 1.82) is 0 Å². The predicted molar refractivity (Wildman–Crippen MR) is 149 cm³/mol. The molecule has 1 N–H and O–H groups in total. The van der Waals surface area contributed by atoms with Crippen LogP contribution >= 0.6 is 0 Å². The smallest absolute Gasteiger partial charge is 0.372 e. The summed E-state index contributed by atoms with van der Waals surface area (Å²) in [6, 6.07) is 30.9. The van der Waals surface area contributed by atoms with E-state index in [1.165, 1.54) is 22.5 Å². The van der Waals surface area contributed by atoms with Crippen LogP contribution in [0.1, 0.15) is 27.2 Å². The molecule has 198 valence electrons. The zero-order valence-corrected chi connectivity index (χ0v) is 22.1. The summed E-state index contributed by atoms with van der Waals surface area (Å²) in [6.07, 6.45) is 0.533. The van der Waals surface area contributed by atoms with Crippen LogP contribution < -0.4 is 4.74 Å². The molecule has 0 spiro atoms. The number of benzene rings is 4. The summed E-state index contributed by atoms with van der Waals surface area (Å²) in [5, 5.41) is 9.86. The molecular weight excluding hydrogens is 514 g/mol. The maximum atomic E-state index is 13.9. The van der Waals surface area contributed by atoms with Crippen molar-refractivity contribution >= 4 is 27.0 Å². The number of furan rings is 1. The number of carbonyl (C=O) groups is 1. The summed E-state index contributed by atoms with van der Waals surface area (Å²) in [5.41, 5.74) is 2.55. The molecule has 0 saturated carbocycles. The highest BCUT2D eigenvalue weighted by molar-refractivity contribution is 7.89. The van der Waals surface area contributed by atoms with Crippen molar-refractivity contribution in [3.8, 4) is 11.5 Å². The minimum atomic E-state index is -3.93. The molecule has 39 heavy (non-hydrogen) atoms. The molecule has 0 unspecified atom stereocenters. The van der Waals surface area contributed by atoms with Crippen LogP contribution in [0.2, 0.25) is 0 Å². The summed E-state index contributed by atoms with van der Waals surface area (Å²) in [7, 11) is -3.93. The quantitative estimate of drug-likeness (QED) is 0.212. The minimum Gasteiger partial charge on any atom is -0.475 e. The molecule has 5 aromatic rings. The van der Waals surface area contributed by atoms with Gasteiger partial charge in [-0.25, -0.2) is 13.2 Å². The second kappa shape index (κ2) is 11.1. The number of hydrogen-bond donors (Lipinski definition) is 1. The number of hydrogen-bond acceptors (Lipinski definition) is 5. The first-order valence-electron chi connectivity index (χ1n) is 12.4. The number of ether oxygens (including phenoxy) is 1. The average Bonchev–Trinajstić information content (AvgIpc) is 3.29. The maximum Gasteiger partial charge on any atom is 0.372 e. The van der Waals surface area contributed by atoms with Crippen molar-refractivity contribution in [2.24, 2.45) is 0 Å². The zero-order valence-electron chi connectivity index (χ0n) is 21.3. The first kappa shape index (κ1) is 26.2. The van der Waals surface area contributed by atoms with E-state index in [1.807, 2.05) is 84.9 Å². The Kier molecular flexibility index (Phi) is 7.49. The first-order valence-corrected chi connectivity index (χ1v) is 13.9. The monoisotopic (exact) mass is 541 g/mol. The van der Waals surface area contributed by atoms with E-state index < -0.39 is 16.0 Å². The lowest BCUT2D eigenvalue weighted by atomic mass is 10.1. The van der Waals surface area contributed by atoms with E-state index in [0.29, 0.717) is 34.5 Å². The topological polar surface area (TPSA) is 97.0 Å². The van der Waals surface area contributed by atoms with Crippen LogP contribution in [-0.2, 0) is 23.0 Å². The van der Waals surface area contributed by atoms with Crippen LogP contribution in [0, 0.1) is 6.92 Å². The van der Waals surface area contributed by atoms with Gasteiger partial charge in [-0.05, 0) is 66.9 Å². The van der Waals surface area contributed by atoms with Gasteiger partial charge < -0.3 is 14.3 Å². The molecule has 4 aromatic carbocycles. The molecule has 7 nitrogen and oxygen atoms in total. The van der Waals surface area contributed by atoms with Crippen molar-refractivity contribution in [3.63, 3.8) is 0 Å². The fraction of sp³-hybridized carbons (Fsp3) is 0.129. The molecule has 0 aliphatic rings. The van der Waals surface area contributed by atoms with Crippen LogP contribution in [0.4, 0.5) is 0 Å². The Bertz CT molecular complexity index is 1700. The molecule has 1 heterocycles. The Morgan fingerprint density at radius 2 is 1.49 bits per heavy atom. The molecule has 0 atom stereocenters. The highest BCUT2D eigenvalue weighted by Crippen LogP contribution is 2.30. The van der Waals surface area contributed by atoms with Crippen molar-refractivity contribution in [3.05, 3.63) is 126 Å². The van der Waals surface area contributed by atoms with Gasteiger partial charge in [-0.1, -0.05) is 60.7 Å². The van der Waals surface area contributed by atoms with E-state index in [0.717, 1.165) is 11.1 Å². The van der Waals surface area contributed by atoms with Crippen LogP contribution in [0.15, 0.2) is 112 Å². The Balaban J connectivity index is 1.44. The Labute approximate surface area is 226 Å². The lowest BCUT2D eigenvalue weighted by Gasteiger charge is -2.23. The van der Waals surface area contributed by atoms with Crippen molar-refractivity contribution in [2.45, 2.75) is 24.8 Å². The number of sulfonamides is 1. The van der Waals surface area contributed by atoms with Crippen LogP contribution in [-0.4, -0.2) is 30.3 Å². The summed E-state index contributed by atoms with van der Waals surface area (Å²) < 4.78 is 40.6. The third-order valence-corrected chi connectivity index (χ3v) is 8.33. The normalized spacial score (nSPS) is 11.6. The largest absolute Gasteiger partial charge is 0.475 e. The Hall–Kier alpha value is -4.40. The van der Waals surface area contributed by atoms with Gasteiger partial charge in [0, 0.05) is 24.0 Å². The number of rotatable bonds is 10. The second-order valence-electron chi connectivity index (χ2n) is 9.15. The highest BCUT2D eigenvalue weighted by Gasteiger charge is 2.26. The summed E-state index contributed by atoms with van der Waals surface area (Å²) in [4.78, 5) is 11.6. The van der Waals surface area contributed by atoms with Gasteiger partial charge in [0.25, 0.3) is 0 Å². The molecule has 0 fully saturated rings. The lowest BCUT2D eigenvalue weighted by Crippen LogP contribution is -2.32. The fourth-order valence-electron chi connectivity index (χ4n) is 4.39. The molecule has 0 amide bonds. The highest BCUT2D eigenvalue weighted by atomic mass is 32.2. The standard InChI is InChI=1S/C31H27NO6S/c1-22-28-20-27(16-17-29(28)38-30(22)31(33)34)39(35,36)32(19-18-23-8-4-2-5-9-23)21-24-12-14-26(15-13-24)37-25-10-6-3-7-11-25/h2-17,20H,18-19,21H2,1H3,(H,33,34). The molecule has 5 rings (SSSR count). The van der Waals surface area contributed by atoms with E-state index in [4.69, 9.17) is 9.15 Å². The van der Waals surface area contributed by atoms with Crippen molar-refractivity contribution < 1.29 is 27.5 Å². The molecule has 0 bridgehead atoms. The van der Waals surface area contributed by atoms with Gasteiger partial charge in [-0.2, -0.15) is 4.31 Å². The van der Waals surface area contributed by atoms with E-state index in [-0.39, 0.29) is 23.7 Å². The van der Waals surface area contributed by atoms with E-state index in [9.17, 15) is 18.3 Å². The number of aromatic carboxylic acids is 1. The molecule has 1 aromatic heterocycles. The number of aryl methyl sites for hydroxylation is 1. The van der Waals surface area contributed by atoms with Gasteiger partial charge in [0.15, 0.2) is 0 Å². The van der Waals surface area contributed by atoms with Crippen LogP contribution in [0.25, 0.3) is 11.0 Å². The van der Waals surface area contributed by atoms with Gasteiger partial charge >= 0.3 is 5.97 Å². The number of fused-ring (bicyclic) bond motifs is 1. The Morgan fingerprint density at radius 3 is 2.15 bits per heavy atom. The third kappa shape index (κ3) is 5.87. The molecule has 0 radical (unpaired) electrons. The molecular formula is C31H27NO6S. The lowest BCUT2D eigenvalue weighted by molar-refractivity contribution is 0.0664. The zero-order chi connectivity index (χ0) is 27.4. The van der Waals surface area contributed by atoms with Gasteiger partial charge in [-0.3, -0.25) is 0 Å². The van der Waals surface area contributed by atoms with Gasteiger partial charge in [0.05, 0.1) is 4.90 Å². The molecule has 0 aliphatic heterocycles. The number of nitrogens with zero attached hydrogens (tertiary/aromatic N) is 1. The van der Waals surface area contributed by atoms with E-state index >= 15 is 0 Å². The van der Waals surface area contributed by atoms with Gasteiger partial charge in [0.1, 0.15) is 17.1 Å². The second-order valence-corrected chi connectivity index (χ2v) is 11.1. The predicted octanol–water partition coefficient (Wildman–Crippen LogP) is 6.67. The minimum absolute atomic E-state index is 0.0768. The summed E-state index contributed by atoms with van der Waals surface area (Å²) in [5.74, 6) is -0.0253. The van der Waals surface area contributed by atoms with E-state index in [2.05, 4.69) is 0 Å². The van der Waals surface area contributed by atoms with Gasteiger partial charge in [-0.15, -0.1) is 0 Å². The maximum absolute atomic E-state index is 13.9. The van der Waals surface area contributed by atoms with Crippen LogP contribution in [0.5, 0.6) is 11.5 Å². The molecule has 0 saturated heterocycles. The summed E-state index contributed by atoms with van der Waals surface area (Å²) >= 11 is 0. The molecule has 0 aliphatic carbocycles. The summed E-state index contributed by atoms with van der Waals surface area (Å²) in [6.45, 7) is 2.03.